The molecule has 3 atom stereocenters. The van der Waals surface area contributed by atoms with Crippen molar-refractivity contribution in [3.8, 4) is 6.07 Å². The SMILES string of the molecule is CC(C)=C1[C@@H]2C=C[C@H]1[C@@H](C#N)C2. The highest BCUT2D eigenvalue weighted by Crippen LogP contribution is 2.48. The van der Waals surface area contributed by atoms with Crippen LogP contribution in [0.4, 0.5) is 0 Å². The second-order valence-electron chi connectivity index (χ2n) is 3.94. The molecule has 0 radical (unpaired) electrons. The molecule has 0 unspecified atom stereocenters. The highest BCUT2D eigenvalue weighted by molar-refractivity contribution is 5.38. The zero-order chi connectivity index (χ0) is 8.72. The van der Waals surface area contributed by atoms with E-state index in [0.29, 0.717) is 11.8 Å². The van der Waals surface area contributed by atoms with E-state index in [0.717, 1.165) is 6.42 Å². The minimum absolute atomic E-state index is 0.255. The van der Waals surface area contributed by atoms with Crippen LogP contribution in [0, 0.1) is 29.1 Å². The molecule has 1 heteroatoms. The molecule has 0 heterocycles. The predicted octanol–water partition coefficient (Wildman–Crippen LogP) is 2.67. The smallest absolute Gasteiger partial charge is 0.0665 e. The molecular weight excluding hydrogens is 146 g/mol. The van der Waals surface area contributed by atoms with Gasteiger partial charge < -0.3 is 0 Å². The van der Waals surface area contributed by atoms with Crippen LogP contribution in [0.1, 0.15) is 20.3 Å². The molecule has 0 amide bonds. The van der Waals surface area contributed by atoms with Crippen molar-refractivity contribution < 1.29 is 0 Å². The summed E-state index contributed by atoms with van der Waals surface area (Å²) in [5.74, 6) is 1.29. The van der Waals surface area contributed by atoms with Crippen molar-refractivity contribution in [1.82, 2.24) is 0 Å². The number of rotatable bonds is 0. The van der Waals surface area contributed by atoms with Crippen LogP contribution in [-0.2, 0) is 0 Å². The Hall–Kier alpha value is -1.03. The van der Waals surface area contributed by atoms with Crippen LogP contribution in [0.5, 0.6) is 0 Å². The number of hydrogen-bond acceptors (Lipinski definition) is 1. The lowest BCUT2D eigenvalue weighted by Gasteiger charge is -2.08. The third-order valence-corrected chi connectivity index (χ3v) is 2.99. The van der Waals surface area contributed by atoms with Gasteiger partial charge in [-0.15, -0.1) is 0 Å². The average molecular weight is 159 g/mol. The van der Waals surface area contributed by atoms with Gasteiger partial charge in [-0.3, -0.25) is 0 Å². The monoisotopic (exact) mass is 159 g/mol. The molecule has 0 spiro atoms. The van der Waals surface area contributed by atoms with E-state index in [1.165, 1.54) is 11.1 Å². The Morgan fingerprint density at radius 3 is 2.67 bits per heavy atom. The molecule has 0 saturated heterocycles. The maximum absolute atomic E-state index is 8.88. The Labute approximate surface area is 73.4 Å². The fourth-order valence-corrected chi connectivity index (χ4v) is 2.52. The zero-order valence-corrected chi connectivity index (χ0v) is 7.54. The van der Waals surface area contributed by atoms with Crippen LogP contribution in [0.15, 0.2) is 23.3 Å². The van der Waals surface area contributed by atoms with E-state index >= 15 is 0 Å². The van der Waals surface area contributed by atoms with Gasteiger partial charge >= 0.3 is 0 Å². The second kappa shape index (κ2) is 2.48. The Balaban J connectivity index is 2.39. The Morgan fingerprint density at radius 2 is 2.25 bits per heavy atom. The van der Waals surface area contributed by atoms with Gasteiger partial charge in [-0.1, -0.05) is 23.3 Å². The molecule has 0 aliphatic heterocycles. The topological polar surface area (TPSA) is 23.8 Å². The van der Waals surface area contributed by atoms with E-state index in [2.05, 4.69) is 32.1 Å². The van der Waals surface area contributed by atoms with Crippen molar-refractivity contribution >= 4 is 0 Å². The molecule has 0 aromatic rings. The van der Waals surface area contributed by atoms with Gasteiger partial charge in [0.1, 0.15) is 0 Å². The van der Waals surface area contributed by atoms with Gasteiger partial charge in [0.25, 0.3) is 0 Å². The summed E-state index contributed by atoms with van der Waals surface area (Å²) >= 11 is 0. The molecule has 0 aromatic heterocycles. The molecule has 2 rings (SSSR count). The van der Waals surface area contributed by atoms with Gasteiger partial charge in [0.15, 0.2) is 0 Å². The molecule has 1 nitrogen and oxygen atoms in total. The van der Waals surface area contributed by atoms with Crippen LogP contribution >= 0.6 is 0 Å². The molecule has 2 bridgehead atoms. The fourth-order valence-electron chi connectivity index (χ4n) is 2.52. The van der Waals surface area contributed by atoms with E-state index in [9.17, 15) is 0 Å². The molecule has 62 valence electrons. The van der Waals surface area contributed by atoms with E-state index in [4.69, 9.17) is 5.26 Å². The predicted molar refractivity (Wildman–Crippen MR) is 48.2 cm³/mol. The van der Waals surface area contributed by atoms with Crippen molar-refractivity contribution in [2.24, 2.45) is 17.8 Å². The number of hydrogen-bond donors (Lipinski definition) is 0. The number of nitriles is 1. The molecular formula is C11H13N. The highest BCUT2D eigenvalue weighted by Gasteiger charge is 2.40. The van der Waals surface area contributed by atoms with Gasteiger partial charge in [0.2, 0.25) is 0 Å². The molecule has 1 saturated carbocycles. The summed E-state index contributed by atoms with van der Waals surface area (Å²) in [5, 5.41) is 8.88. The van der Waals surface area contributed by atoms with E-state index in [-0.39, 0.29) is 5.92 Å². The van der Waals surface area contributed by atoms with Crippen molar-refractivity contribution in [2.45, 2.75) is 20.3 Å². The third kappa shape index (κ3) is 0.845. The minimum Gasteiger partial charge on any atom is -0.198 e. The van der Waals surface area contributed by atoms with Crippen LogP contribution in [0.25, 0.3) is 0 Å². The molecule has 2 aliphatic rings. The summed E-state index contributed by atoms with van der Waals surface area (Å²) in [4.78, 5) is 0. The van der Waals surface area contributed by atoms with Gasteiger partial charge in [0, 0.05) is 5.92 Å². The first-order chi connectivity index (χ1) is 5.74. The van der Waals surface area contributed by atoms with Gasteiger partial charge in [0.05, 0.1) is 12.0 Å². The first-order valence-electron chi connectivity index (χ1n) is 4.49. The average Bonchev–Trinajstić information content (AvgIpc) is 2.59. The Morgan fingerprint density at radius 1 is 1.50 bits per heavy atom. The Bertz CT molecular complexity index is 299. The van der Waals surface area contributed by atoms with Crippen LogP contribution < -0.4 is 0 Å². The van der Waals surface area contributed by atoms with E-state index in [1.54, 1.807) is 0 Å². The summed E-state index contributed by atoms with van der Waals surface area (Å²) in [6, 6.07) is 2.39. The third-order valence-electron chi connectivity index (χ3n) is 2.99. The number of fused-ring (bicyclic) bond motifs is 2. The lowest BCUT2D eigenvalue weighted by molar-refractivity contribution is 0.571. The van der Waals surface area contributed by atoms with E-state index in [1.807, 2.05) is 0 Å². The molecule has 2 aliphatic carbocycles. The van der Waals surface area contributed by atoms with Gasteiger partial charge in [-0.2, -0.15) is 5.26 Å². The summed E-state index contributed by atoms with van der Waals surface area (Å²) in [5.41, 5.74) is 2.93. The largest absolute Gasteiger partial charge is 0.198 e. The lowest BCUT2D eigenvalue weighted by atomic mass is 9.94. The van der Waals surface area contributed by atoms with Crippen molar-refractivity contribution in [3.05, 3.63) is 23.3 Å². The standard InChI is InChI=1S/C11H13N/c1-7(2)11-8-3-4-10(11)9(5-8)6-12/h3-4,8-10H,5H2,1-2H3/t8-,9-,10+/m1/s1. The van der Waals surface area contributed by atoms with Crippen molar-refractivity contribution in [1.29, 1.82) is 5.26 Å². The quantitative estimate of drug-likeness (QED) is 0.498. The van der Waals surface area contributed by atoms with Crippen LogP contribution in [0.2, 0.25) is 0 Å². The molecule has 0 aromatic carbocycles. The number of nitrogens with zero attached hydrogens (tertiary/aromatic N) is 1. The molecule has 1 fully saturated rings. The maximum Gasteiger partial charge on any atom is 0.0665 e. The lowest BCUT2D eigenvalue weighted by Crippen LogP contribution is -2.03. The van der Waals surface area contributed by atoms with Gasteiger partial charge in [-0.25, -0.2) is 0 Å². The normalized spacial score (nSPS) is 37.1. The summed E-state index contributed by atoms with van der Waals surface area (Å²) in [7, 11) is 0. The fraction of sp³-hybridized carbons (Fsp3) is 0.545. The summed E-state index contributed by atoms with van der Waals surface area (Å²) < 4.78 is 0. The minimum atomic E-state index is 0.255. The van der Waals surface area contributed by atoms with Crippen LogP contribution in [-0.4, -0.2) is 0 Å². The van der Waals surface area contributed by atoms with Crippen molar-refractivity contribution in [2.75, 3.05) is 0 Å². The first kappa shape index (κ1) is 7.61. The Kier molecular flexibility index (Phi) is 1.58. The summed E-state index contributed by atoms with van der Waals surface area (Å²) in [6.07, 6.45) is 5.53. The maximum atomic E-state index is 8.88. The van der Waals surface area contributed by atoms with E-state index < -0.39 is 0 Å². The highest BCUT2D eigenvalue weighted by atomic mass is 14.5. The number of allylic oxidation sites excluding steroid dienone is 4. The second-order valence-corrected chi connectivity index (χ2v) is 3.94. The molecule has 0 N–H and O–H groups in total. The first-order valence-corrected chi connectivity index (χ1v) is 4.49. The zero-order valence-electron chi connectivity index (χ0n) is 7.54. The van der Waals surface area contributed by atoms with Crippen LogP contribution in [0.3, 0.4) is 0 Å². The molecule has 12 heavy (non-hydrogen) atoms. The van der Waals surface area contributed by atoms with Gasteiger partial charge in [-0.05, 0) is 26.2 Å². The summed E-state index contributed by atoms with van der Waals surface area (Å²) in [6.45, 7) is 4.31. The van der Waals surface area contributed by atoms with Crippen molar-refractivity contribution in [3.63, 3.8) is 0 Å².